The average molecular weight is 302 g/mol. The number of aromatic nitrogens is 3. The summed E-state index contributed by atoms with van der Waals surface area (Å²) >= 11 is 7.07. The lowest BCUT2D eigenvalue weighted by atomic mass is 10.3. The molecule has 0 saturated heterocycles. The second-order valence-corrected chi connectivity index (χ2v) is 5.03. The molecule has 0 fully saturated rings. The van der Waals surface area contributed by atoms with Gasteiger partial charge in [0.2, 0.25) is 5.22 Å². The van der Waals surface area contributed by atoms with Crippen molar-refractivity contribution in [1.82, 2.24) is 14.8 Å². The molecule has 2 heterocycles. The first-order valence-corrected chi connectivity index (χ1v) is 7.01. The van der Waals surface area contributed by atoms with Crippen molar-refractivity contribution in [2.45, 2.75) is 25.0 Å². The number of hydrogen-bond donors (Lipinski definition) is 1. The van der Waals surface area contributed by atoms with Gasteiger partial charge in [-0.15, -0.1) is 10.2 Å². The number of rotatable bonds is 6. The predicted molar refractivity (Wildman–Crippen MR) is 71.4 cm³/mol. The second-order valence-electron chi connectivity index (χ2n) is 3.75. The van der Waals surface area contributed by atoms with Crippen molar-refractivity contribution >= 4 is 29.3 Å². The summed E-state index contributed by atoms with van der Waals surface area (Å²) in [4.78, 5) is 10.6. The zero-order valence-corrected chi connectivity index (χ0v) is 11.7. The minimum atomic E-state index is -0.890. The summed E-state index contributed by atoms with van der Waals surface area (Å²) in [6.45, 7) is 2.71. The van der Waals surface area contributed by atoms with E-state index in [-0.39, 0.29) is 11.0 Å². The topological polar surface area (TPSA) is 81.2 Å². The van der Waals surface area contributed by atoms with Crippen molar-refractivity contribution in [3.63, 3.8) is 0 Å². The molecule has 102 valence electrons. The molecule has 0 aromatic carbocycles. The maximum Gasteiger partial charge on any atom is 0.313 e. The van der Waals surface area contributed by atoms with Crippen molar-refractivity contribution in [2.24, 2.45) is 0 Å². The third-order valence-corrected chi connectivity index (χ3v) is 3.59. The van der Waals surface area contributed by atoms with Crippen molar-refractivity contribution in [2.75, 3.05) is 5.75 Å². The first-order valence-electron chi connectivity index (χ1n) is 5.64. The standard InChI is InChI=1S/C11H12ClN3O3S/c1-2-4-15-10(7-3-5-18-9(7)12)13-14-11(15)19-6-8(16)17/h3,5H,2,4,6H2,1H3,(H,16,17). The van der Waals surface area contributed by atoms with Crippen LogP contribution in [0.5, 0.6) is 0 Å². The van der Waals surface area contributed by atoms with Gasteiger partial charge in [-0.05, 0) is 24.1 Å². The smallest absolute Gasteiger partial charge is 0.313 e. The van der Waals surface area contributed by atoms with Crippen LogP contribution in [0.1, 0.15) is 13.3 Å². The number of thioether (sulfide) groups is 1. The van der Waals surface area contributed by atoms with Crippen molar-refractivity contribution in [3.8, 4) is 11.4 Å². The number of carboxylic acids is 1. The molecule has 8 heteroatoms. The fourth-order valence-corrected chi connectivity index (χ4v) is 2.48. The van der Waals surface area contributed by atoms with Crippen LogP contribution in [0.4, 0.5) is 0 Å². The minimum absolute atomic E-state index is 0.0546. The molecule has 0 amide bonds. The average Bonchev–Trinajstić information content (AvgIpc) is 2.94. The Labute approximate surface area is 118 Å². The first-order chi connectivity index (χ1) is 9.13. The van der Waals surface area contributed by atoms with Crippen LogP contribution >= 0.6 is 23.4 Å². The van der Waals surface area contributed by atoms with Gasteiger partial charge in [0.05, 0.1) is 17.6 Å². The van der Waals surface area contributed by atoms with Crippen LogP contribution in [-0.4, -0.2) is 31.6 Å². The summed E-state index contributed by atoms with van der Waals surface area (Å²) in [5.41, 5.74) is 0.657. The minimum Gasteiger partial charge on any atom is -0.481 e. The molecule has 0 atom stereocenters. The van der Waals surface area contributed by atoms with E-state index >= 15 is 0 Å². The van der Waals surface area contributed by atoms with E-state index in [9.17, 15) is 4.79 Å². The number of nitrogens with zero attached hydrogens (tertiary/aromatic N) is 3. The number of hydrogen-bond acceptors (Lipinski definition) is 5. The van der Waals surface area contributed by atoms with Crippen LogP contribution in [-0.2, 0) is 11.3 Å². The third kappa shape index (κ3) is 3.10. The Morgan fingerprint density at radius 1 is 1.58 bits per heavy atom. The second kappa shape index (κ2) is 6.12. The highest BCUT2D eigenvalue weighted by Crippen LogP contribution is 2.30. The highest BCUT2D eigenvalue weighted by Gasteiger charge is 2.18. The molecule has 2 rings (SSSR count). The molecule has 0 aliphatic heterocycles. The largest absolute Gasteiger partial charge is 0.481 e. The van der Waals surface area contributed by atoms with Crippen LogP contribution in [0.15, 0.2) is 21.9 Å². The Morgan fingerprint density at radius 3 is 2.95 bits per heavy atom. The fraction of sp³-hybridized carbons (Fsp3) is 0.364. The molecular weight excluding hydrogens is 290 g/mol. The molecule has 6 nitrogen and oxygen atoms in total. The van der Waals surface area contributed by atoms with Gasteiger partial charge < -0.3 is 14.1 Å². The lowest BCUT2D eigenvalue weighted by molar-refractivity contribution is -0.133. The maximum absolute atomic E-state index is 10.6. The molecule has 2 aromatic rings. The van der Waals surface area contributed by atoms with Crippen LogP contribution in [0, 0.1) is 0 Å². The summed E-state index contributed by atoms with van der Waals surface area (Å²) in [5.74, 6) is -0.353. The van der Waals surface area contributed by atoms with Crippen molar-refractivity contribution < 1.29 is 14.3 Å². The molecule has 0 bridgehead atoms. The number of carboxylic acid groups (broad SMARTS) is 1. The Bertz CT molecular complexity index is 582. The van der Waals surface area contributed by atoms with E-state index in [1.54, 1.807) is 6.07 Å². The van der Waals surface area contributed by atoms with Crippen LogP contribution in [0.3, 0.4) is 0 Å². The van der Waals surface area contributed by atoms with Gasteiger partial charge in [-0.3, -0.25) is 4.79 Å². The van der Waals surface area contributed by atoms with Gasteiger partial charge in [-0.25, -0.2) is 0 Å². The van der Waals surface area contributed by atoms with Gasteiger partial charge in [-0.1, -0.05) is 18.7 Å². The summed E-state index contributed by atoms with van der Waals surface area (Å²) in [6, 6.07) is 1.71. The number of halogens is 1. The van der Waals surface area contributed by atoms with E-state index in [0.717, 1.165) is 18.2 Å². The van der Waals surface area contributed by atoms with E-state index in [4.69, 9.17) is 21.1 Å². The van der Waals surface area contributed by atoms with E-state index in [2.05, 4.69) is 10.2 Å². The van der Waals surface area contributed by atoms with E-state index < -0.39 is 5.97 Å². The number of aliphatic carboxylic acids is 1. The summed E-state index contributed by atoms with van der Waals surface area (Å²) in [7, 11) is 0. The van der Waals surface area contributed by atoms with Gasteiger partial charge in [0.25, 0.3) is 0 Å². The van der Waals surface area contributed by atoms with Gasteiger partial charge in [0, 0.05) is 6.54 Å². The van der Waals surface area contributed by atoms with E-state index in [1.165, 1.54) is 6.26 Å². The van der Waals surface area contributed by atoms with E-state index in [0.29, 0.717) is 23.1 Å². The molecule has 0 spiro atoms. The highest BCUT2D eigenvalue weighted by molar-refractivity contribution is 7.99. The normalized spacial score (nSPS) is 10.8. The SMILES string of the molecule is CCCn1c(SCC(=O)O)nnc1-c1ccoc1Cl. The van der Waals surface area contributed by atoms with Crippen molar-refractivity contribution in [1.29, 1.82) is 0 Å². The lowest BCUT2D eigenvalue weighted by Crippen LogP contribution is -2.04. The molecule has 0 aliphatic carbocycles. The molecular formula is C11H12ClN3O3S. The fourth-order valence-electron chi connectivity index (χ4n) is 1.60. The maximum atomic E-state index is 10.6. The number of carbonyl (C=O) groups is 1. The predicted octanol–water partition coefficient (Wildman–Crippen LogP) is 2.78. The molecule has 0 aliphatic rings. The first kappa shape index (κ1) is 14.0. The molecule has 0 radical (unpaired) electrons. The molecule has 0 saturated carbocycles. The Hall–Kier alpha value is -1.47. The van der Waals surface area contributed by atoms with Crippen LogP contribution < -0.4 is 0 Å². The van der Waals surface area contributed by atoms with Crippen LogP contribution in [0.25, 0.3) is 11.4 Å². The Kier molecular flexibility index (Phi) is 4.49. The van der Waals surface area contributed by atoms with Gasteiger partial charge in [-0.2, -0.15) is 0 Å². The summed E-state index contributed by atoms with van der Waals surface area (Å²) in [6.07, 6.45) is 2.35. The molecule has 1 N–H and O–H groups in total. The quantitative estimate of drug-likeness (QED) is 0.826. The molecule has 19 heavy (non-hydrogen) atoms. The monoisotopic (exact) mass is 301 g/mol. The zero-order valence-electron chi connectivity index (χ0n) is 10.2. The lowest BCUT2D eigenvalue weighted by Gasteiger charge is -2.06. The number of furan rings is 1. The summed E-state index contributed by atoms with van der Waals surface area (Å²) < 4.78 is 6.89. The highest BCUT2D eigenvalue weighted by atomic mass is 35.5. The van der Waals surface area contributed by atoms with Gasteiger partial charge >= 0.3 is 5.97 Å². The molecule has 0 unspecified atom stereocenters. The van der Waals surface area contributed by atoms with Gasteiger partial charge in [0.15, 0.2) is 11.0 Å². The van der Waals surface area contributed by atoms with Crippen molar-refractivity contribution in [3.05, 3.63) is 17.5 Å². The molecule has 2 aromatic heterocycles. The van der Waals surface area contributed by atoms with Crippen LogP contribution in [0.2, 0.25) is 5.22 Å². The Balaban J connectivity index is 2.34. The summed E-state index contributed by atoms with van der Waals surface area (Å²) in [5, 5.41) is 17.6. The van der Waals surface area contributed by atoms with Gasteiger partial charge in [0.1, 0.15) is 0 Å². The van der Waals surface area contributed by atoms with E-state index in [1.807, 2.05) is 11.5 Å². The third-order valence-electron chi connectivity index (χ3n) is 2.35. The Morgan fingerprint density at radius 2 is 2.37 bits per heavy atom. The zero-order chi connectivity index (χ0) is 13.8.